The first-order valence-corrected chi connectivity index (χ1v) is 7.69. The van der Waals surface area contributed by atoms with Crippen LogP contribution in [0.4, 0.5) is 0 Å². The van der Waals surface area contributed by atoms with Gasteiger partial charge in [0.1, 0.15) is 4.88 Å². The van der Waals surface area contributed by atoms with Gasteiger partial charge in [-0.2, -0.15) is 5.10 Å². The van der Waals surface area contributed by atoms with Gasteiger partial charge in [-0.25, -0.2) is 10.4 Å². The van der Waals surface area contributed by atoms with Crippen molar-refractivity contribution in [2.45, 2.75) is 13.8 Å². The number of fused-ring (bicyclic) bond motifs is 1. The van der Waals surface area contributed by atoms with Crippen LogP contribution in [0.2, 0.25) is 0 Å². The zero-order chi connectivity index (χ0) is 15.7. The maximum Gasteiger partial charge on any atom is 0.283 e. The minimum absolute atomic E-state index is 0.223. The summed E-state index contributed by atoms with van der Waals surface area (Å²) in [6.45, 7) is 3.71. The van der Waals surface area contributed by atoms with Crippen LogP contribution < -0.4 is 5.43 Å². The summed E-state index contributed by atoms with van der Waals surface area (Å²) in [4.78, 5) is 16.9. The number of aryl methyl sites for hydroxylation is 3. The van der Waals surface area contributed by atoms with E-state index in [-0.39, 0.29) is 5.91 Å². The van der Waals surface area contributed by atoms with Gasteiger partial charge in [-0.05, 0) is 19.9 Å². The quantitative estimate of drug-likeness (QED) is 0.597. The maximum absolute atomic E-state index is 12.1. The summed E-state index contributed by atoms with van der Waals surface area (Å²) in [5.41, 5.74) is 5.40. The fraction of sp³-hybridized carbons (Fsp3) is 0.188. The lowest BCUT2D eigenvalue weighted by molar-refractivity contribution is 0.0958. The van der Waals surface area contributed by atoms with Crippen LogP contribution in [-0.2, 0) is 7.05 Å². The molecule has 1 amide bonds. The molecule has 0 atom stereocenters. The van der Waals surface area contributed by atoms with E-state index < -0.39 is 0 Å². The zero-order valence-electron chi connectivity index (χ0n) is 12.6. The number of hydrogen-bond acceptors (Lipinski definition) is 4. The van der Waals surface area contributed by atoms with E-state index in [4.69, 9.17) is 0 Å². The van der Waals surface area contributed by atoms with Crippen molar-refractivity contribution in [1.29, 1.82) is 0 Å². The molecule has 22 heavy (non-hydrogen) atoms. The van der Waals surface area contributed by atoms with Gasteiger partial charge in [0.05, 0.1) is 16.9 Å². The van der Waals surface area contributed by atoms with Gasteiger partial charge in [-0.15, -0.1) is 11.3 Å². The molecule has 0 aliphatic heterocycles. The van der Waals surface area contributed by atoms with Gasteiger partial charge in [-0.1, -0.05) is 18.2 Å². The van der Waals surface area contributed by atoms with Gasteiger partial charge in [0, 0.05) is 29.7 Å². The number of amides is 1. The highest BCUT2D eigenvalue weighted by molar-refractivity contribution is 7.13. The van der Waals surface area contributed by atoms with Crippen LogP contribution in [0.3, 0.4) is 0 Å². The number of benzene rings is 1. The second-order valence-corrected chi connectivity index (χ2v) is 6.26. The molecule has 0 bridgehead atoms. The molecule has 6 heteroatoms. The lowest BCUT2D eigenvalue weighted by atomic mass is 10.2. The number of nitrogens with one attached hydrogen (secondary N) is 1. The third kappa shape index (κ3) is 2.65. The first-order chi connectivity index (χ1) is 10.6. The Hall–Kier alpha value is -2.47. The van der Waals surface area contributed by atoms with Gasteiger partial charge < -0.3 is 4.57 Å². The first-order valence-electron chi connectivity index (χ1n) is 6.88. The Morgan fingerprint density at radius 1 is 1.36 bits per heavy atom. The Balaban J connectivity index is 1.79. The summed E-state index contributed by atoms with van der Waals surface area (Å²) in [5, 5.41) is 6.05. The highest BCUT2D eigenvalue weighted by Gasteiger charge is 2.12. The average Bonchev–Trinajstić information content (AvgIpc) is 3.00. The number of carbonyl (C=O) groups excluding carboxylic acids is 1. The third-order valence-electron chi connectivity index (χ3n) is 3.41. The summed E-state index contributed by atoms with van der Waals surface area (Å²) in [6.07, 6.45) is 3.66. The number of hydrazone groups is 1. The molecule has 0 saturated carbocycles. The molecular weight excluding hydrogens is 296 g/mol. The maximum atomic E-state index is 12.1. The lowest BCUT2D eigenvalue weighted by Crippen LogP contribution is -2.17. The minimum Gasteiger partial charge on any atom is -0.350 e. The number of aromatic nitrogens is 2. The van der Waals surface area contributed by atoms with Crippen LogP contribution in [-0.4, -0.2) is 21.7 Å². The fourth-order valence-corrected chi connectivity index (χ4v) is 3.24. The van der Waals surface area contributed by atoms with E-state index in [1.807, 2.05) is 49.9 Å². The molecule has 112 valence electrons. The van der Waals surface area contributed by atoms with E-state index >= 15 is 0 Å². The monoisotopic (exact) mass is 312 g/mol. The number of rotatable bonds is 3. The molecule has 2 heterocycles. The van der Waals surface area contributed by atoms with Gasteiger partial charge in [0.2, 0.25) is 0 Å². The molecule has 2 aromatic heterocycles. The summed E-state index contributed by atoms with van der Waals surface area (Å²) in [5.74, 6) is -0.223. The van der Waals surface area contributed by atoms with Crippen LogP contribution in [0.15, 0.2) is 35.6 Å². The Morgan fingerprint density at radius 2 is 2.14 bits per heavy atom. The summed E-state index contributed by atoms with van der Waals surface area (Å²) in [6, 6.07) is 8.07. The van der Waals surface area contributed by atoms with Crippen LogP contribution in [0.5, 0.6) is 0 Å². The third-order valence-corrected chi connectivity index (χ3v) is 4.48. The van der Waals surface area contributed by atoms with E-state index in [1.165, 1.54) is 11.3 Å². The molecule has 0 fully saturated rings. The van der Waals surface area contributed by atoms with Gasteiger partial charge in [-0.3, -0.25) is 4.79 Å². The Kier molecular flexibility index (Phi) is 3.77. The van der Waals surface area contributed by atoms with E-state index in [2.05, 4.69) is 21.6 Å². The smallest absolute Gasteiger partial charge is 0.283 e. The largest absolute Gasteiger partial charge is 0.350 e. The highest BCUT2D eigenvalue weighted by atomic mass is 32.1. The van der Waals surface area contributed by atoms with Crippen LogP contribution in [0, 0.1) is 13.8 Å². The normalized spacial score (nSPS) is 11.4. The molecule has 5 nitrogen and oxygen atoms in total. The molecule has 0 aliphatic rings. The lowest BCUT2D eigenvalue weighted by Gasteiger charge is -1.96. The van der Waals surface area contributed by atoms with E-state index in [0.29, 0.717) is 4.88 Å². The van der Waals surface area contributed by atoms with Crippen molar-refractivity contribution in [3.05, 3.63) is 51.6 Å². The molecule has 1 aromatic carbocycles. The predicted molar refractivity (Wildman–Crippen MR) is 89.6 cm³/mol. The molecule has 1 N–H and O–H groups in total. The van der Waals surface area contributed by atoms with Crippen molar-refractivity contribution in [3.63, 3.8) is 0 Å². The summed E-state index contributed by atoms with van der Waals surface area (Å²) < 4.78 is 2.04. The van der Waals surface area contributed by atoms with Gasteiger partial charge in [0.15, 0.2) is 0 Å². The zero-order valence-corrected chi connectivity index (χ0v) is 13.4. The summed E-state index contributed by atoms with van der Waals surface area (Å²) in [7, 11) is 1.99. The van der Waals surface area contributed by atoms with Crippen molar-refractivity contribution < 1.29 is 4.79 Å². The van der Waals surface area contributed by atoms with Crippen molar-refractivity contribution in [2.24, 2.45) is 12.1 Å². The Bertz CT molecular complexity index is 876. The van der Waals surface area contributed by atoms with Crippen LogP contribution in [0.25, 0.3) is 10.9 Å². The number of nitrogens with zero attached hydrogens (tertiary/aromatic N) is 3. The molecule has 0 spiro atoms. The van der Waals surface area contributed by atoms with Gasteiger partial charge in [0.25, 0.3) is 5.91 Å². The summed E-state index contributed by atoms with van der Waals surface area (Å²) >= 11 is 1.37. The van der Waals surface area contributed by atoms with Crippen molar-refractivity contribution >= 4 is 34.4 Å². The molecule has 0 radical (unpaired) electrons. The molecular formula is C16H16N4OS. The molecule has 3 rings (SSSR count). The number of carbonyl (C=O) groups is 1. The SMILES string of the molecule is Cc1nc(C)c(C(=O)NN=Cc2cn(C)c3ccccc23)s1. The average molecular weight is 312 g/mol. The second kappa shape index (κ2) is 5.73. The van der Waals surface area contributed by atoms with Crippen molar-refractivity contribution in [2.75, 3.05) is 0 Å². The van der Waals surface area contributed by atoms with Crippen LogP contribution in [0.1, 0.15) is 25.9 Å². The fourth-order valence-electron chi connectivity index (χ4n) is 2.43. The number of hydrogen-bond donors (Lipinski definition) is 1. The van der Waals surface area contributed by atoms with Crippen LogP contribution >= 0.6 is 11.3 Å². The number of thiazole rings is 1. The van der Waals surface area contributed by atoms with E-state index in [9.17, 15) is 4.79 Å². The Labute approximate surface area is 132 Å². The second-order valence-electron chi connectivity index (χ2n) is 5.06. The highest BCUT2D eigenvalue weighted by Crippen LogP contribution is 2.19. The predicted octanol–water partition coefficient (Wildman–Crippen LogP) is 3.02. The number of para-hydroxylation sites is 1. The van der Waals surface area contributed by atoms with Gasteiger partial charge >= 0.3 is 0 Å². The molecule has 0 aliphatic carbocycles. The van der Waals surface area contributed by atoms with E-state index in [1.54, 1.807) is 6.21 Å². The topological polar surface area (TPSA) is 59.3 Å². The Morgan fingerprint density at radius 3 is 2.86 bits per heavy atom. The van der Waals surface area contributed by atoms with Crippen molar-refractivity contribution in [3.8, 4) is 0 Å². The molecule has 3 aromatic rings. The standard InChI is InChI=1S/C16H16N4OS/c1-10-15(22-11(2)18-10)16(21)19-17-8-12-9-20(3)14-7-5-4-6-13(12)14/h4-9H,1-3H3,(H,19,21). The minimum atomic E-state index is -0.223. The van der Waals surface area contributed by atoms with E-state index in [0.717, 1.165) is 27.2 Å². The first kappa shape index (κ1) is 14.5. The molecule has 0 saturated heterocycles. The van der Waals surface area contributed by atoms with Crippen molar-refractivity contribution in [1.82, 2.24) is 15.0 Å². The molecule has 0 unspecified atom stereocenters.